The first kappa shape index (κ1) is 13.8. The first-order valence-corrected chi connectivity index (χ1v) is 6.77. The molecule has 0 aliphatic carbocycles. The lowest BCUT2D eigenvalue weighted by Gasteiger charge is -2.22. The van der Waals surface area contributed by atoms with Gasteiger partial charge in [0.15, 0.2) is 0 Å². The Morgan fingerprint density at radius 2 is 1.42 bits per heavy atom. The van der Waals surface area contributed by atoms with Gasteiger partial charge in [-0.05, 0) is 22.1 Å². The SMILES string of the molecule is CC(C)(C)c1ccccc1COCc1ccccc1. The van der Waals surface area contributed by atoms with Gasteiger partial charge in [0, 0.05) is 0 Å². The van der Waals surface area contributed by atoms with Crippen molar-refractivity contribution < 1.29 is 4.74 Å². The lowest BCUT2D eigenvalue weighted by Crippen LogP contribution is -2.14. The van der Waals surface area contributed by atoms with Gasteiger partial charge < -0.3 is 4.74 Å². The number of ether oxygens (including phenoxy) is 1. The molecule has 2 rings (SSSR count). The van der Waals surface area contributed by atoms with E-state index < -0.39 is 0 Å². The van der Waals surface area contributed by atoms with Crippen LogP contribution in [0.1, 0.15) is 37.5 Å². The average Bonchev–Trinajstić information content (AvgIpc) is 2.39. The van der Waals surface area contributed by atoms with Gasteiger partial charge >= 0.3 is 0 Å². The van der Waals surface area contributed by atoms with Crippen LogP contribution in [0.15, 0.2) is 54.6 Å². The van der Waals surface area contributed by atoms with Gasteiger partial charge in [0.1, 0.15) is 0 Å². The van der Waals surface area contributed by atoms with Crippen LogP contribution >= 0.6 is 0 Å². The summed E-state index contributed by atoms with van der Waals surface area (Å²) in [5, 5.41) is 0. The third-order valence-corrected chi connectivity index (χ3v) is 3.19. The monoisotopic (exact) mass is 254 g/mol. The molecule has 0 heterocycles. The molecule has 0 saturated heterocycles. The Bertz CT molecular complexity index is 509. The fraction of sp³-hybridized carbons (Fsp3) is 0.333. The van der Waals surface area contributed by atoms with Crippen molar-refractivity contribution in [3.63, 3.8) is 0 Å². The Hall–Kier alpha value is -1.60. The maximum absolute atomic E-state index is 5.84. The standard InChI is InChI=1S/C18H22O/c1-18(2,3)17-12-8-7-11-16(17)14-19-13-15-9-5-4-6-10-15/h4-12H,13-14H2,1-3H3. The van der Waals surface area contributed by atoms with Crippen molar-refractivity contribution >= 4 is 0 Å². The average molecular weight is 254 g/mol. The first-order chi connectivity index (χ1) is 9.07. The smallest absolute Gasteiger partial charge is 0.0724 e. The van der Waals surface area contributed by atoms with Crippen LogP contribution in [0.25, 0.3) is 0 Å². The largest absolute Gasteiger partial charge is 0.372 e. The summed E-state index contributed by atoms with van der Waals surface area (Å²) in [6.07, 6.45) is 0. The van der Waals surface area contributed by atoms with Gasteiger partial charge in [-0.25, -0.2) is 0 Å². The van der Waals surface area contributed by atoms with Crippen LogP contribution in [0.4, 0.5) is 0 Å². The van der Waals surface area contributed by atoms with Crippen molar-refractivity contribution in [1.29, 1.82) is 0 Å². The Morgan fingerprint density at radius 1 is 0.789 bits per heavy atom. The molecular formula is C18H22O. The Balaban J connectivity index is 2.00. The van der Waals surface area contributed by atoms with Crippen LogP contribution in [0, 0.1) is 0 Å². The van der Waals surface area contributed by atoms with Gasteiger partial charge in [-0.3, -0.25) is 0 Å². The van der Waals surface area contributed by atoms with E-state index in [1.165, 1.54) is 16.7 Å². The molecule has 1 nitrogen and oxygen atoms in total. The van der Waals surface area contributed by atoms with Crippen molar-refractivity contribution in [3.8, 4) is 0 Å². The molecule has 0 aromatic heterocycles. The van der Waals surface area contributed by atoms with Crippen LogP contribution in [0.5, 0.6) is 0 Å². The summed E-state index contributed by atoms with van der Waals surface area (Å²) >= 11 is 0. The molecule has 0 spiro atoms. The molecule has 0 amide bonds. The van der Waals surface area contributed by atoms with Gasteiger partial charge in [0.25, 0.3) is 0 Å². The number of hydrogen-bond donors (Lipinski definition) is 0. The molecule has 1 heteroatoms. The highest BCUT2D eigenvalue weighted by molar-refractivity contribution is 5.32. The summed E-state index contributed by atoms with van der Waals surface area (Å²) in [5.41, 5.74) is 4.02. The summed E-state index contributed by atoms with van der Waals surface area (Å²) in [6.45, 7) is 8.05. The maximum atomic E-state index is 5.84. The van der Waals surface area contributed by atoms with Crippen molar-refractivity contribution in [3.05, 3.63) is 71.3 Å². The Morgan fingerprint density at radius 3 is 2.11 bits per heavy atom. The minimum Gasteiger partial charge on any atom is -0.372 e. The van der Waals surface area contributed by atoms with Gasteiger partial charge in [0.05, 0.1) is 13.2 Å². The van der Waals surface area contributed by atoms with E-state index in [1.807, 2.05) is 18.2 Å². The molecule has 0 atom stereocenters. The lowest BCUT2D eigenvalue weighted by atomic mass is 9.84. The predicted octanol–water partition coefficient (Wildman–Crippen LogP) is 4.70. The van der Waals surface area contributed by atoms with Gasteiger partial charge in [-0.1, -0.05) is 75.4 Å². The van der Waals surface area contributed by atoms with Crippen LogP contribution in [0.3, 0.4) is 0 Å². The minimum absolute atomic E-state index is 0.159. The van der Waals surface area contributed by atoms with Crippen molar-refractivity contribution in [2.24, 2.45) is 0 Å². The molecule has 0 saturated carbocycles. The van der Waals surface area contributed by atoms with Crippen LogP contribution in [0.2, 0.25) is 0 Å². The van der Waals surface area contributed by atoms with Gasteiger partial charge in [-0.15, -0.1) is 0 Å². The normalized spacial score (nSPS) is 11.5. The van der Waals surface area contributed by atoms with E-state index in [4.69, 9.17) is 4.74 Å². The molecule has 100 valence electrons. The van der Waals surface area contributed by atoms with E-state index in [0.717, 1.165) is 0 Å². The molecule has 2 aromatic carbocycles. The molecule has 19 heavy (non-hydrogen) atoms. The third kappa shape index (κ3) is 3.93. The topological polar surface area (TPSA) is 9.23 Å². The summed E-state index contributed by atoms with van der Waals surface area (Å²) in [7, 11) is 0. The zero-order valence-corrected chi connectivity index (χ0v) is 12.0. The van der Waals surface area contributed by atoms with E-state index in [-0.39, 0.29) is 5.41 Å². The highest BCUT2D eigenvalue weighted by Crippen LogP contribution is 2.26. The van der Waals surface area contributed by atoms with Crippen molar-refractivity contribution in [2.75, 3.05) is 0 Å². The van der Waals surface area contributed by atoms with Crippen LogP contribution in [-0.4, -0.2) is 0 Å². The zero-order valence-electron chi connectivity index (χ0n) is 12.0. The minimum atomic E-state index is 0.159. The highest BCUT2D eigenvalue weighted by Gasteiger charge is 2.16. The molecule has 0 aliphatic rings. The van der Waals surface area contributed by atoms with E-state index in [9.17, 15) is 0 Å². The Kier molecular flexibility index (Phi) is 4.39. The molecule has 0 radical (unpaired) electrons. The fourth-order valence-corrected chi connectivity index (χ4v) is 2.23. The fourth-order valence-electron chi connectivity index (χ4n) is 2.23. The summed E-state index contributed by atoms with van der Waals surface area (Å²) in [6, 6.07) is 18.8. The number of hydrogen-bond acceptors (Lipinski definition) is 1. The van der Waals surface area contributed by atoms with E-state index >= 15 is 0 Å². The van der Waals surface area contributed by atoms with Crippen LogP contribution < -0.4 is 0 Å². The van der Waals surface area contributed by atoms with E-state index in [2.05, 4.69) is 57.2 Å². The zero-order chi connectivity index (χ0) is 13.7. The second-order valence-electron chi connectivity index (χ2n) is 5.89. The maximum Gasteiger partial charge on any atom is 0.0724 e. The second kappa shape index (κ2) is 6.03. The summed E-state index contributed by atoms with van der Waals surface area (Å²) in [4.78, 5) is 0. The molecular weight excluding hydrogens is 232 g/mol. The molecule has 0 fully saturated rings. The van der Waals surface area contributed by atoms with Gasteiger partial charge in [0.2, 0.25) is 0 Å². The van der Waals surface area contributed by atoms with Crippen LogP contribution in [-0.2, 0) is 23.4 Å². The van der Waals surface area contributed by atoms with Crippen molar-refractivity contribution in [2.45, 2.75) is 39.4 Å². The molecule has 0 N–H and O–H groups in total. The predicted molar refractivity (Wildman–Crippen MR) is 80.1 cm³/mol. The quantitative estimate of drug-likeness (QED) is 0.768. The highest BCUT2D eigenvalue weighted by atomic mass is 16.5. The molecule has 0 aliphatic heterocycles. The van der Waals surface area contributed by atoms with E-state index in [1.54, 1.807) is 0 Å². The third-order valence-electron chi connectivity index (χ3n) is 3.19. The summed E-state index contributed by atoms with van der Waals surface area (Å²) in [5.74, 6) is 0. The van der Waals surface area contributed by atoms with E-state index in [0.29, 0.717) is 13.2 Å². The Labute approximate surface area is 116 Å². The summed E-state index contributed by atoms with van der Waals surface area (Å²) < 4.78 is 5.84. The van der Waals surface area contributed by atoms with Gasteiger partial charge in [-0.2, -0.15) is 0 Å². The molecule has 0 bridgehead atoms. The van der Waals surface area contributed by atoms with Crippen molar-refractivity contribution in [1.82, 2.24) is 0 Å². The molecule has 2 aromatic rings. The number of benzene rings is 2. The lowest BCUT2D eigenvalue weighted by molar-refractivity contribution is 0.106. The molecule has 0 unspecified atom stereocenters. The number of rotatable bonds is 4. The second-order valence-corrected chi connectivity index (χ2v) is 5.89. The first-order valence-electron chi connectivity index (χ1n) is 6.77.